The van der Waals surface area contributed by atoms with E-state index in [0.29, 0.717) is 37.3 Å². The maximum absolute atomic E-state index is 13.8. The Morgan fingerprint density at radius 2 is 1.37 bits per heavy atom. The number of carbonyl (C=O) groups excluding carboxylic acids is 3. The highest BCUT2D eigenvalue weighted by Crippen LogP contribution is 2.30. The Morgan fingerprint density at radius 3 is 2.00 bits per heavy atom. The van der Waals surface area contributed by atoms with Gasteiger partial charge in [0.1, 0.15) is 11.8 Å². The lowest BCUT2D eigenvalue weighted by Gasteiger charge is -2.39. The summed E-state index contributed by atoms with van der Waals surface area (Å²) in [4.78, 5) is 45.4. The van der Waals surface area contributed by atoms with E-state index in [2.05, 4.69) is 4.90 Å². The van der Waals surface area contributed by atoms with Crippen LogP contribution in [0.2, 0.25) is 0 Å². The first-order valence-corrected chi connectivity index (χ1v) is 11.8. The van der Waals surface area contributed by atoms with Gasteiger partial charge in [-0.1, -0.05) is 54.6 Å². The minimum absolute atomic E-state index is 0.206. The van der Waals surface area contributed by atoms with E-state index in [0.717, 1.165) is 21.9 Å². The molecule has 1 saturated heterocycles. The summed E-state index contributed by atoms with van der Waals surface area (Å²) in [6.45, 7) is 2.25. The summed E-state index contributed by atoms with van der Waals surface area (Å²) in [6.07, 6.45) is 0.276. The van der Waals surface area contributed by atoms with Crippen LogP contribution >= 0.6 is 0 Å². The third kappa shape index (κ3) is 4.25. The number of nitrogens with zero attached hydrogens (tertiary/aromatic N) is 3. The van der Waals surface area contributed by atoms with Crippen LogP contribution < -0.4 is 9.64 Å². The molecule has 1 fully saturated rings. The van der Waals surface area contributed by atoms with Gasteiger partial charge in [0.15, 0.2) is 0 Å². The summed E-state index contributed by atoms with van der Waals surface area (Å²) in [5.74, 6) is -0.233. The fraction of sp³-hybridized carbons (Fsp3) is 0.250. The number of methoxy groups -OCH3 is 1. The van der Waals surface area contributed by atoms with Crippen LogP contribution in [0.3, 0.4) is 0 Å². The van der Waals surface area contributed by atoms with Gasteiger partial charge in [-0.25, -0.2) is 0 Å². The van der Waals surface area contributed by atoms with Gasteiger partial charge in [0.25, 0.3) is 11.8 Å². The number of imide groups is 1. The number of benzene rings is 3. The predicted molar refractivity (Wildman–Crippen MR) is 133 cm³/mol. The lowest BCUT2D eigenvalue weighted by atomic mass is 10.0. The highest BCUT2D eigenvalue weighted by Gasteiger charge is 2.44. The minimum Gasteiger partial charge on any atom is -0.495 e. The van der Waals surface area contributed by atoms with Crippen LogP contribution in [0, 0.1) is 0 Å². The van der Waals surface area contributed by atoms with Crippen molar-refractivity contribution in [3.63, 3.8) is 0 Å². The maximum Gasteiger partial charge on any atom is 0.262 e. The number of ether oxygens (including phenoxy) is 1. The molecule has 2 aliphatic rings. The van der Waals surface area contributed by atoms with Crippen molar-refractivity contribution in [1.82, 2.24) is 9.80 Å². The van der Waals surface area contributed by atoms with E-state index in [-0.39, 0.29) is 12.3 Å². The molecular formula is C28H27N3O4. The van der Waals surface area contributed by atoms with Crippen LogP contribution in [0.1, 0.15) is 26.3 Å². The first kappa shape index (κ1) is 22.7. The van der Waals surface area contributed by atoms with E-state index in [9.17, 15) is 14.4 Å². The van der Waals surface area contributed by atoms with Gasteiger partial charge < -0.3 is 14.5 Å². The molecule has 7 heteroatoms. The number of hydrogen-bond donors (Lipinski definition) is 0. The van der Waals surface area contributed by atoms with Crippen LogP contribution in [0.25, 0.3) is 0 Å². The van der Waals surface area contributed by atoms with Crippen molar-refractivity contribution in [2.75, 3.05) is 38.2 Å². The van der Waals surface area contributed by atoms with Crippen molar-refractivity contribution >= 4 is 23.4 Å². The predicted octanol–water partition coefficient (Wildman–Crippen LogP) is 3.25. The van der Waals surface area contributed by atoms with Crippen LogP contribution in [-0.2, 0) is 11.2 Å². The molecule has 0 bridgehead atoms. The molecule has 3 amide bonds. The number of anilines is 1. The van der Waals surface area contributed by atoms with Gasteiger partial charge in [-0.3, -0.25) is 19.3 Å². The Morgan fingerprint density at radius 1 is 0.800 bits per heavy atom. The number of rotatable bonds is 6. The van der Waals surface area contributed by atoms with E-state index < -0.39 is 17.9 Å². The second kappa shape index (κ2) is 9.62. The Hall–Kier alpha value is -4.13. The highest BCUT2D eigenvalue weighted by molar-refractivity contribution is 6.22. The smallest absolute Gasteiger partial charge is 0.262 e. The molecule has 3 aromatic rings. The Labute approximate surface area is 204 Å². The van der Waals surface area contributed by atoms with Crippen molar-refractivity contribution < 1.29 is 19.1 Å². The van der Waals surface area contributed by atoms with E-state index in [1.807, 2.05) is 54.6 Å². The third-order valence-electron chi connectivity index (χ3n) is 6.71. The lowest BCUT2D eigenvalue weighted by Crippen LogP contribution is -2.56. The Balaban J connectivity index is 1.38. The van der Waals surface area contributed by atoms with Crippen molar-refractivity contribution in [3.05, 3.63) is 95.6 Å². The summed E-state index contributed by atoms with van der Waals surface area (Å²) in [6, 6.07) is 23.2. The van der Waals surface area contributed by atoms with Gasteiger partial charge in [0, 0.05) is 32.6 Å². The lowest BCUT2D eigenvalue weighted by molar-refractivity contribution is -0.135. The van der Waals surface area contributed by atoms with Gasteiger partial charge in [-0.15, -0.1) is 0 Å². The maximum atomic E-state index is 13.8. The Bertz CT molecular complexity index is 1220. The molecule has 0 radical (unpaired) electrons. The van der Waals surface area contributed by atoms with E-state index in [1.54, 1.807) is 36.3 Å². The molecular weight excluding hydrogens is 442 g/mol. The molecule has 0 aromatic heterocycles. The van der Waals surface area contributed by atoms with Crippen molar-refractivity contribution in [2.24, 2.45) is 0 Å². The van der Waals surface area contributed by atoms with Crippen molar-refractivity contribution in [1.29, 1.82) is 0 Å². The fourth-order valence-electron chi connectivity index (χ4n) is 4.89. The average Bonchev–Trinajstić information content (AvgIpc) is 3.17. The molecule has 2 aliphatic heterocycles. The number of para-hydroxylation sites is 2. The molecule has 7 nitrogen and oxygen atoms in total. The molecule has 5 rings (SSSR count). The monoisotopic (exact) mass is 469 g/mol. The summed E-state index contributed by atoms with van der Waals surface area (Å²) >= 11 is 0. The first-order chi connectivity index (χ1) is 17.1. The first-order valence-electron chi connectivity index (χ1n) is 11.8. The van der Waals surface area contributed by atoms with Crippen LogP contribution in [0.15, 0.2) is 78.9 Å². The molecule has 0 saturated carbocycles. The van der Waals surface area contributed by atoms with Gasteiger partial charge in [0.2, 0.25) is 5.91 Å². The van der Waals surface area contributed by atoms with Crippen molar-refractivity contribution in [2.45, 2.75) is 12.5 Å². The summed E-state index contributed by atoms with van der Waals surface area (Å²) in [7, 11) is 1.65. The molecule has 0 N–H and O–H groups in total. The fourth-order valence-corrected chi connectivity index (χ4v) is 4.89. The van der Waals surface area contributed by atoms with Gasteiger partial charge in [-0.05, 0) is 29.8 Å². The van der Waals surface area contributed by atoms with Crippen LogP contribution in [-0.4, -0.2) is 66.9 Å². The molecule has 35 heavy (non-hydrogen) atoms. The van der Waals surface area contributed by atoms with Gasteiger partial charge in [0.05, 0.1) is 23.9 Å². The highest BCUT2D eigenvalue weighted by atomic mass is 16.5. The molecule has 0 aliphatic carbocycles. The zero-order valence-corrected chi connectivity index (χ0v) is 19.6. The quantitative estimate of drug-likeness (QED) is 0.519. The van der Waals surface area contributed by atoms with Gasteiger partial charge >= 0.3 is 0 Å². The normalized spacial score (nSPS) is 16.3. The largest absolute Gasteiger partial charge is 0.495 e. The summed E-state index contributed by atoms with van der Waals surface area (Å²) in [5.41, 5.74) is 2.59. The standard InChI is InChI=1S/C28H27N3O4/c1-35-25-14-8-7-13-23(25)29-15-17-30(18-16-29)28(34)24(19-20-9-3-2-4-10-20)31-26(32)21-11-5-6-12-22(21)27(31)33/h2-14,24H,15-19H2,1H3/t24-/m0/s1. The number of amides is 3. The molecule has 178 valence electrons. The summed E-state index contributed by atoms with van der Waals surface area (Å²) in [5, 5.41) is 0. The van der Waals surface area contributed by atoms with Crippen molar-refractivity contribution in [3.8, 4) is 5.75 Å². The van der Waals surface area contributed by atoms with E-state index in [4.69, 9.17) is 4.74 Å². The van der Waals surface area contributed by atoms with Crippen LogP contribution in [0.4, 0.5) is 5.69 Å². The number of fused-ring (bicyclic) bond motifs is 1. The second-order valence-corrected chi connectivity index (χ2v) is 8.72. The summed E-state index contributed by atoms with van der Waals surface area (Å²) < 4.78 is 5.50. The number of piperazine rings is 1. The van der Waals surface area contributed by atoms with Crippen LogP contribution in [0.5, 0.6) is 5.75 Å². The minimum atomic E-state index is -0.900. The zero-order valence-electron chi connectivity index (χ0n) is 19.6. The Kier molecular flexibility index (Phi) is 6.23. The SMILES string of the molecule is COc1ccccc1N1CCN(C(=O)[C@H](Cc2ccccc2)N2C(=O)c3ccccc3C2=O)CC1. The number of carbonyl (C=O) groups is 3. The zero-order chi connectivity index (χ0) is 24.4. The second-order valence-electron chi connectivity index (χ2n) is 8.72. The topological polar surface area (TPSA) is 70.2 Å². The molecule has 2 heterocycles. The molecule has 0 spiro atoms. The average molecular weight is 470 g/mol. The molecule has 0 unspecified atom stereocenters. The number of hydrogen-bond acceptors (Lipinski definition) is 5. The van der Waals surface area contributed by atoms with E-state index >= 15 is 0 Å². The molecule has 1 atom stereocenters. The van der Waals surface area contributed by atoms with E-state index in [1.165, 1.54) is 0 Å². The van der Waals surface area contributed by atoms with Gasteiger partial charge in [-0.2, -0.15) is 0 Å². The third-order valence-corrected chi connectivity index (χ3v) is 6.71. The molecule has 3 aromatic carbocycles.